The van der Waals surface area contributed by atoms with Crippen molar-refractivity contribution in [3.63, 3.8) is 0 Å². The molecule has 3 heteroatoms. The van der Waals surface area contributed by atoms with E-state index in [2.05, 4.69) is 36.7 Å². The molecule has 0 heterocycles. The fraction of sp³-hybridized carbons (Fsp3) is 0.143. The maximum Gasteiger partial charge on any atom is 0.0647 e. The Balaban J connectivity index is 2.31. The van der Waals surface area contributed by atoms with Gasteiger partial charge in [-0.05, 0) is 43.0 Å². The summed E-state index contributed by atoms with van der Waals surface area (Å²) in [5.74, 6) is 0. The molecular weight excluding hydrogens is 228 g/mol. The molecule has 2 rings (SSSR count). The van der Waals surface area contributed by atoms with Gasteiger partial charge in [-0.15, -0.1) is 11.8 Å². The Morgan fingerprint density at radius 2 is 1.88 bits per heavy atom. The van der Waals surface area contributed by atoms with Crippen LogP contribution in [0.4, 0.5) is 17.1 Å². The van der Waals surface area contributed by atoms with E-state index in [4.69, 9.17) is 5.73 Å². The third kappa shape index (κ3) is 2.74. The molecule has 0 aliphatic heterocycles. The van der Waals surface area contributed by atoms with Gasteiger partial charge in [0.05, 0.1) is 11.4 Å². The Bertz CT molecular complexity index is 503. The molecule has 0 fully saturated rings. The predicted octanol–water partition coefficient (Wildman–Crippen LogP) is 4.04. The number of hydrogen-bond donors (Lipinski definition) is 2. The zero-order valence-corrected chi connectivity index (χ0v) is 10.8. The lowest BCUT2D eigenvalue weighted by Crippen LogP contribution is -1.98. The van der Waals surface area contributed by atoms with E-state index in [-0.39, 0.29) is 0 Å². The highest BCUT2D eigenvalue weighted by atomic mass is 32.2. The summed E-state index contributed by atoms with van der Waals surface area (Å²) in [7, 11) is 0. The summed E-state index contributed by atoms with van der Waals surface area (Å²) < 4.78 is 0. The molecule has 0 bridgehead atoms. The molecule has 2 nitrogen and oxygen atoms in total. The number of aryl methyl sites for hydroxylation is 1. The van der Waals surface area contributed by atoms with Crippen LogP contribution in [0.2, 0.25) is 0 Å². The van der Waals surface area contributed by atoms with Crippen molar-refractivity contribution in [2.24, 2.45) is 0 Å². The molecule has 0 unspecified atom stereocenters. The first-order chi connectivity index (χ1) is 8.20. The van der Waals surface area contributed by atoms with Crippen molar-refractivity contribution < 1.29 is 0 Å². The standard InChI is InChI=1S/C14H16N2S/c1-10-5-3-8-13(15)14(10)16-11-6-4-7-12(9-11)17-2/h3-9,16H,15H2,1-2H3. The maximum absolute atomic E-state index is 5.97. The Labute approximate surface area is 106 Å². The van der Waals surface area contributed by atoms with E-state index in [1.807, 2.05) is 24.3 Å². The van der Waals surface area contributed by atoms with Crippen molar-refractivity contribution in [1.82, 2.24) is 0 Å². The van der Waals surface area contributed by atoms with E-state index in [0.29, 0.717) is 0 Å². The average Bonchev–Trinajstić information content (AvgIpc) is 2.34. The first kappa shape index (κ1) is 11.9. The monoisotopic (exact) mass is 244 g/mol. The van der Waals surface area contributed by atoms with Crippen LogP contribution in [0, 0.1) is 6.92 Å². The zero-order chi connectivity index (χ0) is 12.3. The molecule has 0 radical (unpaired) electrons. The minimum atomic E-state index is 0.777. The molecule has 0 atom stereocenters. The number of nitrogen functional groups attached to an aromatic ring is 1. The summed E-state index contributed by atoms with van der Waals surface area (Å²) in [6.45, 7) is 2.05. The molecule has 0 aliphatic carbocycles. The average molecular weight is 244 g/mol. The number of thioether (sulfide) groups is 1. The van der Waals surface area contributed by atoms with Crippen LogP contribution in [0.25, 0.3) is 0 Å². The van der Waals surface area contributed by atoms with Gasteiger partial charge in [-0.2, -0.15) is 0 Å². The molecule has 0 aromatic heterocycles. The number of nitrogens with one attached hydrogen (secondary N) is 1. The van der Waals surface area contributed by atoms with Crippen LogP contribution in [0.1, 0.15) is 5.56 Å². The van der Waals surface area contributed by atoms with E-state index in [1.54, 1.807) is 11.8 Å². The lowest BCUT2D eigenvalue weighted by molar-refractivity contribution is 1.40. The second-order valence-corrected chi connectivity index (χ2v) is 4.78. The molecular formula is C14H16N2S. The van der Waals surface area contributed by atoms with Crippen molar-refractivity contribution in [2.45, 2.75) is 11.8 Å². The summed E-state index contributed by atoms with van der Waals surface area (Å²) >= 11 is 1.73. The van der Waals surface area contributed by atoms with Crippen LogP contribution in [-0.2, 0) is 0 Å². The molecule has 17 heavy (non-hydrogen) atoms. The van der Waals surface area contributed by atoms with Gasteiger partial charge in [-0.3, -0.25) is 0 Å². The van der Waals surface area contributed by atoms with Gasteiger partial charge in [-0.25, -0.2) is 0 Å². The van der Waals surface area contributed by atoms with E-state index in [1.165, 1.54) is 4.90 Å². The summed E-state index contributed by atoms with van der Waals surface area (Å²) in [6, 6.07) is 14.2. The minimum Gasteiger partial charge on any atom is -0.397 e. The lowest BCUT2D eigenvalue weighted by atomic mass is 10.1. The highest BCUT2D eigenvalue weighted by Crippen LogP contribution is 2.28. The minimum absolute atomic E-state index is 0.777. The second kappa shape index (κ2) is 5.15. The molecule has 0 amide bonds. The molecule has 2 aromatic rings. The van der Waals surface area contributed by atoms with Crippen LogP contribution in [0.15, 0.2) is 47.4 Å². The maximum atomic E-state index is 5.97. The van der Waals surface area contributed by atoms with Crippen molar-refractivity contribution in [3.05, 3.63) is 48.0 Å². The van der Waals surface area contributed by atoms with Crippen LogP contribution in [-0.4, -0.2) is 6.26 Å². The van der Waals surface area contributed by atoms with Crippen molar-refractivity contribution >= 4 is 28.8 Å². The van der Waals surface area contributed by atoms with E-state index in [0.717, 1.165) is 22.6 Å². The Hall–Kier alpha value is -1.61. The number of rotatable bonds is 3. The van der Waals surface area contributed by atoms with Gasteiger partial charge in [-0.1, -0.05) is 18.2 Å². The van der Waals surface area contributed by atoms with Gasteiger partial charge in [0.2, 0.25) is 0 Å². The highest BCUT2D eigenvalue weighted by Gasteiger charge is 2.03. The Kier molecular flexibility index (Phi) is 3.59. The zero-order valence-electron chi connectivity index (χ0n) is 10.0. The third-order valence-electron chi connectivity index (χ3n) is 2.64. The topological polar surface area (TPSA) is 38.0 Å². The quantitative estimate of drug-likeness (QED) is 0.632. The summed E-state index contributed by atoms with van der Waals surface area (Å²) in [5.41, 5.74) is 9.96. The summed E-state index contributed by atoms with van der Waals surface area (Å²) in [5, 5.41) is 3.38. The van der Waals surface area contributed by atoms with Crippen LogP contribution < -0.4 is 11.1 Å². The van der Waals surface area contributed by atoms with Gasteiger partial charge < -0.3 is 11.1 Å². The normalized spacial score (nSPS) is 10.2. The van der Waals surface area contributed by atoms with E-state index >= 15 is 0 Å². The SMILES string of the molecule is CSc1cccc(Nc2c(C)cccc2N)c1. The Morgan fingerprint density at radius 3 is 2.59 bits per heavy atom. The fourth-order valence-corrected chi connectivity index (χ4v) is 2.17. The van der Waals surface area contributed by atoms with Crippen LogP contribution in [0.3, 0.4) is 0 Å². The highest BCUT2D eigenvalue weighted by molar-refractivity contribution is 7.98. The van der Waals surface area contributed by atoms with Gasteiger partial charge in [0.1, 0.15) is 0 Å². The molecule has 88 valence electrons. The number of benzene rings is 2. The van der Waals surface area contributed by atoms with Gasteiger partial charge in [0.25, 0.3) is 0 Å². The number of nitrogens with two attached hydrogens (primary N) is 1. The third-order valence-corrected chi connectivity index (χ3v) is 3.37. The number of hydrogen-bond acceptors (Lipinski definition) is 3. The largest absolute Gasteiger partial charge is 0.397 e. The van der Waals surface area contributed by atoms with Crippen LogP contribution in [0.5, 0.6) is 0 Å². The number of para-hydroxylation sites is 1. The molecule has 0 saturated carbocycles. The van der Waals surface area contributed by atoms with Gasteiger partial charge in [0, 0.05) is 10.6 Å². The van der Waals surface area contributed by atoms with Crippen molar-refractivity contribution in [3.8, 4) is 0 Å². The second-order valence-electron chi connectivity index (χ2n) is 3.90. The lowest BCUT2D eigenvalue weighted by Gasteiger charge is -2.12. The molecule has 3 N–H and O–H groups in total. The number of anilines is 3. The van der Waals surface area contributed by atoms with E-state index in [9.17, 15) is 0 Å². The Morgan fingerprint density at radius 1 is 1.12 bits per heavy atom. The molecule has 0 spiro atoms. The predicted molar refractivity (Wildman–Crippen MR) is 77.1 cm³/mol. The van der Waals surface area contributed by atoms with Gasteiger partial charge in [0.15, 0.2) is 0 Å². The fourth-order valence-electron chi connectivity index (χ4n) is 1.71. The first-order valence-corrected chi connectivity index (χ1v) is 6.69. The van der Waals surface area contributed by atoms with E-state index < -0.39 is 0 Å². The summed E-state index contributed by atoms with van der Waals surface area (Å²) in [6.07, 6.45) is 2.07. The smallest absolute Gasteiger partial charge is 0.0647 e. The molecule has 2 aromatic carbocycles. The van der Waals surface area contributed by atoms with Crippen LogP contribution >= 0.6 is 11.8 Å². The molecule has 0 aliphatic rings. The first-order valence-electron chi connectivity index (χ1n) is 5.47. The van der Waals surface area contributed by atoms with Crippen molar-refractivity contribution in [2.75, 3.05) is 17.3 Å². The van der Waals surface area contributed by atoms with Gasteiger partial charge >= 0.3 is 0 Å². The van der Waals surface area contributed by atoms with Crippen molar-refractivity contribution in [1.29, 1.82) is 0 Å². The summed E-state index contributed by atoms with van der Waals surface area (Å²) in [4.78, 5) is 1.24. The molecule has 0 saturated heterocycles.